The summed E-state index contributed by atoms with van der Waals surface area (Å²) in [5.41, 5.74) is -0.836. The highest BCUT2D eigenvalue weighted by Crippen LogP contribution is 2.36. The quantitative estimate of drug-likeness (QED) is 0.835. The van der Waals surface area contributed by atoms with Crippen molar-refractivity contribution in [2.75, 3.05) is 19.6 Å². The normalized spacial score (nSPS) is 29.8. The Morgan fingerprint density at radius 2 is 1.89 bits per heavy atom. The molecule has 2 aliphatic heterocycles. The fourth-order valence-corrected chi connectivity index (χ4v) is 3.28. The molecule has 0 aliphatic carbocycles. The molecule has 2 saturated heterocycles. The number of aliphatic carboxylic acids is 1. The van der Waals surface area contributed by atoms with E-state index in [1.807, 2.05) is 11.8 Å². The summed E-state index contributed by atoms with van der Waals surface area (Å²) in [6.45, 7) is 7.75. The Bertz CT molecular complexity index is 394. The number of amides is 2. The first-order valence-electron chi connectivity index (χ1n) is 7.12. The van der Waals surface area contributed by atoms with Gasteiger partial charge < -0.3 is 14.9 Å². The Labute approximate surface area is 114 Å². The van der Waals surface area contributed by atoms with E-state index in [9.17, 15) is 14.7 Å². The molecule has 1 N–H and O–H groups in total. The van der Waals surface area contributed by atoms with Crippen molar-refractivity contribution in [3.8, 4) is 0 Å². The zero-order valence-corrected chi connectivity index (χ0v) is 12.1. The zero-order valence-electron chi connectivity index (χ0n) is 12.1. The van der Waals surface area contributed by atoms with Crippen molar-refractivity contribution in [3.63, 3.8) is 0 Å². The second kappa shape index (κ2) is 4.69. The van der Waals surface area contributed by atoms with Gasteiger partial charge >= 0.3 is 12.0 Å². The lowest BCUT2D eigenvalue weighted by molar-refractivity contribution is -0.148. The molecule has 19 heavy (non-hydrogen) atoms. The third-order valence-electron chi connectivity index (χ3n) is 4.89. The fourth-order valence-electron chi connectivity index (χ4n) is 3.28. The topological polar surface area (TPSA) is 60.9 Å². The van der Waals surface area contributed by atoms with Gasteiger partial charge in [0.2, 0.25) is 0 Å². The van der Waals surface area contributed by atoms with E-state index in [0.29, 0.717) is 25.9 Å². The van der Waals surface area contributed by atoms with Gasteiger partial charge in [0.25, 0.3) is 0 Å². The predicted molar refractivity (Wildman–Crippen MR) is 72.0 cm³/mol. The summed E-state index contributed by atoms with van der Waals surface area (Å²) in [6, 6.07) is 0.0130. The average molecular weight is 268 g/mol. The summed E-state index contributed by atoms with van der Waals surface area (Å²) >= 11 is 0. The molecule has 0 spiro atoms. The van der Waals surface area contributed by atoms with Crippen LogP contribution in [0.25, 0.3) is 0 Å². The predicted octanol–water partition coefficient (Wildman–Crippen LogP) is 2.17. The molecule has 5 nitrogen and oxygen atoms in total. The van der Waals surface area contributed by atoms with Crippen LogP contribution in [0, 0.1) is 5.41 Å². The first-order chi connectivity index (χ1) is 8.82. The highest BCUT2D eigenvalue weighted by Gasteiger charge is 2.47. The highest BCUT2D eigenvalue weighted by atomic mass is 16.4. The van der Waals surface area contributed by atoms with Gasteiger partial charge in [0.05, 0.1) is 5.41 Å². The van der Waals surface area contributed by atoms with E-state index < -0.39 is 11.4 Å². The number of carboxylic acids is 1. The molecule has 0 bridgehead atoms. The summed E-state index contributed by atoms with van der Waals surface area (Å²) in [5, 5.41) is 9.38. The van der Waals surface area contributed by atoms with Crippen LogP contribution in [-0.2, 0) is 4.79 Å². The summed E-state index contributed by atoms with van der Waals surface area (Å²) in [5.74, 6) is -0.772. The summed E-state index contributed by atoms with van der Waals surface area (Å²) in [6.07, 6.45) is 3.20. The first kappa shape index (κ1) is 14.2. The van der Waals surface area contributed by atoms with Crippen LogP contribution in [0.1, 0.15) is 46.5 Å². The van der Waals surface area contributed by atoms with E-state index >= 15 is 0 Å². The van der Waals surface area contributed by atoms with Crippen LogP contribution in [0.4, 0.5) is 4.79 Å². The smallest absolute Gasteiger partial charge is 0.320 e. The van der Waals surface area contributed by atoms with Gasteiger partial charge in [-0.2, -0.15) is 0 Å². The standard InChI is InChI=1S/C14H24N2O3/c1-4-14(11(17)18)7-9-15(10-14)12(19)16-8-5-6-13(16,2)3/h4-10H2,1-3H3,(H,17,18). The SMILES string of the molecule is CCC1(C(=O)O)CCN(C(=O)N2CCCC2(C)C)C1. The molecule has 108 valence electrons. The zero-order chi connectivity index (χ0) is 14.3. The molecule has 2 amide bonds. The largest absolute Gasteiger partial charge is 0.481 e. The lowest BCUT2D eigenvalue weighted by atomic mass is 9.84. The summed E-state index contributed by atoms with van der Waals surface area (Å²) in [7, 11) is 0. The van der Waals surface area contributed by atoms with Gasteiger partial charge in [-0.15, -0.1) is 0 Å². The van der Waals surface area contributed by atoms with Crippen molar-refractivity contribution in [3.05, 3.63) is 0 Å². The van der Waals surface area contributed by atoms with Crippen molar-refractivity contribution >= 4 is 12.0 Å². The van der Waals surface area contributed by atoms with Crippen molar-refractivity contribution in [1.29, 1.82) is 0 Å². The van der Waals surface area contributed by atoms with Crippen LogP contribution in [0.5, 0.6) is 0 Å². The van der Waals surface area contributed by atoms with Crippen LogP contribution < -0.4 is 0 Å². The van der Waals surface area contributed by atoms with Gasteiger partial charge in [-0.25, -0.2) is 4.79 Å². The minimum absolute atomic E-state index is 0.0130. The molecule has 2 aliphatic rings. The van der Waals surface area contributed by atoms with Gasteiger partial charge in [0.1, 0.15) is 0 Å². The maximum atomic E-state index is 12.5. The number of likely N-dealkylation sites (tertiary alicyclic amines) is 2. The molecule has 0 radical (unpaired) electrons. The molecule has 0 aromatic heterocycles. The van der Waals surface area contributed by atoms with Gasteiger partial charge in [0.15, 0.2) is 0 Å². The van der Waals surface area contributed by atoms with Gasteiger partial charge in [-0.3, -0.25) is 4.79 Å². The lowest BCUT2D eigenvalue weighted by Gasteiger charge is -2.35. The highest BCUT2D eigenvalue weighted by molar-refractivity contribution is 5.80. The lowest BCUT2D eigenvalue weighted by Crippen LogP contribution is -2.50. The number of urea groups is 1. The maximum Gasteiger partial charge on any atom is 0.320 e. The van der Waals surface area contributed by atoms with E-state index in [4.69, 9.17) is 0 Å². The number of hydrogen-bond donors (Lipinski definition) is 1. The second-order valence-corrected chi connectivity index (χ2v) is 6.46. The van der Waals surface area contributed by atoms with Crippen LogP contribution in [0.2, 0.25) is 0 Å². The summed E-state index contributed by atoms with van der Waals surface area (Å²) < 4.78 is 0. The Hall–Kier alpha value is -1.26. The molecule has 1 atom stereocenters. The van der Waals surface area contributed by atoms with Gasteiger partial charge in [-0.1, -0.05) is 6.92 Å². The van der Waals surface area contributed by atoms with Crippen LogP contribution in [-0.4, -0.2) is 52.1 Å². The van der Waals surface area contributed by atoms with E-state index in [0.717, 1.165) is 19.4 Å². The second-order valence-electron chi connectivity index (χ2n) is 6.46. The molecule has 2 rings (SSSR count). The molecular formula is C14H24N2O3. The molecule has 2 fully saturated rings. The van der Waals surface area contributed by atoms with Crippen molar-refractivity contribution in [2.45, 2.75) is 52.0 Å². The van der Waals surface area contributed by atoms with Crippen molar-refractivity contribution in [1.82, 2.24) is 9.80 Å². The van der Waals surface area contributed by atoms with E-state index in [1.165, 1.54) is 0 Å². The number of carbonyl (C=O) groups excluding carboxylic acids is 1. The van der Waals surface area contributed by atoms with Gasteiger partial charge in [0, 0.05) is 25.2 Å². The molecule has 5 heteroatoms. The number of rotatable bonds is 2. The van der Waals surface area contributed by atoms with Crippen molar-refractivity contribution < 1.29 is 14.7 Å². The average Bonchev–Trinajstić information content (AvgIpc) is 2.92. The Morgan fingerprint density at radius 3 is 2.32 bits per heavy atom. The van der Waals surface area contributed by atoms with Gasteiger partial charge in [-0.05, 0) is 39.5 Å². The van der Waals surface area contributed by atoms with Crippen LogP contribution in [0.15, 0.2) is 0 Å². The molecule has 0 aromatic carbocycles. The number of hydrogen-bond acceptors (Lipinski definition) is 2. The number of nitrogens with zero attached hydrogens (tertiary/aromatic N) is 2. The molecule has 0 aromatic rings. The van der Waals surface area contributed by atoms with Crippen LogP contribution in [0.3, 0.4) is 0 Å². The third-order valence-corrected chi connectivity index (χ3v) is 4.89. The maximum absolute atomic E-state index is 12.5. The monoisotopic (exact) mass is 268 g/mol. The third kappa shape index (κ3) is 2.30. The van der Waals surface area contributed by atoms with E-state index in [2.05, 4.69) is 13.8 Å². The molecular weight excluding hydrogens is 244 g/mol. The van der Waals surface area contributed by atoms with E-state index in [1.54, 1.807) is 4.90 Å². The van der Waals surface area contributed by atoms with Crippen LogP contribution >= 0.6 is 0 Å². The number of carbonyl (C=O) groups is 2. The molecule has 0 saturated carbocycles. The Morgan fingerprint density at radius 1 is 1.21 bits per heavy atom. The fraction of sp³-hybridized carbons (Fsp3) is 0.857. The first-order valence-corrected chi connectivity index (χ1v) is 7.12. The van der Waals surface area contributed by atoms with Crippen molar-refractivity contribution in [2.24, 2.45) is 5.41 Å². The number of carboxylic acid groups (broad SMARTS) is 1. The molecule has 1 unspecified atom stereocenters. The minimum Gasteiger partial charge on any atom is -0.481 e. The molecule has 2 heterocycles. The summed E-state index contributed by atoms with van der Waals surface area (Å²) in [4.78, 5) is 27.6. The Kier molecular flexibility index (Phi) is 3.49. The van der Waals surface area contributed by atoms with E-state index in [-0.39, 0.29) is 11.6 Å². The Balaban J connectivity index is 2.09. The minimum atomic E-state index is -0.772.